The van der Waals surface area contributed by atoms with E-state index in [2.05, 4.69) is 10.6 Å². The van der Waals surface area contributed by atoms with Gasteiger partial charge in [0.2, 0.25) is 11.8 Å². The van der Waals surface area contributed by atoms with Gasteiger partial charge in [-0.05, 0) is 73.7 Å². The van der Waals surface area contributed by atoms with Crippen LogP contribution in [-0.4, -0.2) is 34.9 Å². The van der Waals surface area contributed by atoms with Gasteiger partial charge in [0.1, 0.15) is 18.3 Å². The van der Waals surface area contributed by atoms with Gasteiger partial charge in [0.05, 0.1) is 18.1 Å². The number of hydrogen-bond donors (Lipinski definition) is 3. The van der Waals surface area contributed by atoms with Crippen molar-refractivity contribution in [2.45, 2.75) is 65.1 Å². The fourth-order valence-electron chi connectivity index (χ4n) is 6.70. The van der Waals surface area contributed by atoms with Crippen molar-refractivity contribution in [2.75, 3.05) is 17.2 Å². The molecule has 0 spiro atoms. The van der Waals surface area contributed by atoms with E-state index in [0.29, 0.717) is 52.9 Å². The third-order valence-corrected chi connectivity index (χ3v) is 9.51. The Morgan fingerprint density at radius 3 is 1.96 bits per heavy atom. The molecule has 8 nitrogen and oxygen atoms in total. The molecule has 4 aromatic carbocycles. The summed E-state index contributed by atoms with van der Waals surface area (Å²) in [6, 6.07) is 27.4. The number of halogens is 1. The van der Waals surface area contributed by atoms with Gasteiger partial charge in [0, 0.05) is 34.3 Å². The second kappa shape index (κ2) is 15.7. The molecular weight excluding hydrogens is 640 g/mol. The fourth-order valence-corrected chi connectivity index (χ4v) is 6.89. The van der Waals surface area contributed by atoms with Gasteiger partial charge < -0.3 is 25.2 Å². The van der Waals surface area contributed by atoms with E-state index in [9.17, 15) is 19.5 Å². The highest BCUT2D eigenvalue weighted by Crippen LogP contribution is 2.48. The second-order valence-electron chi connectivity index (χ2n) is 12.5. The molecule has 2 amide bonds. The summed E-state index contributed by atoms with van der Waals surface area (Å²) in [4.78, 5) is 42.5. The summed E-state index contributed by atoms with van der Waals surface area (Å²) in [6.07, 6.45) is 0.971. The van der Waals surface area contributed by atoms with Gasteiger partial charge in [-0.3, -0.25) is 14.4 Å². The van der Waals surface area contributed by atoms with Crippen LogP contribution < -0.4 is 20.1 Å². The van der Waals surface area contributed by atoms with E-state index < -0.39 is 41.0 Å². The minimum atomic E-state index is -1.77. The minimum Gasteiger partial charge on any atom is -0.490 e. The number of hydrogen-bond acceptors (Lipinski definition) is 6. The quantitative estimate of drug-likeness (QED) is 0.132. The summed E-state index contributed by atoms with van der Waals surface area (Å²) in [5.41, 5.74) is 2.53. The monoisotopic (exact) mass is 682 g/mol. The molecule has 0 aromatic heterocycles. The van der Waals surface area contributed by atoms with E-state index in [1.165, 1.54) is 6.92 Å². The molecule has 5 rings (SSSR count). The van der Waals surface area contributed by atoms with Crippen molar-refractivity contribution in [1.29, 1.82) is 0 Å². The number of rotatable bonds is 12. The standard InChI is InChI=1S/C40H43ClN2O6/c1-5-25-14-9-12-18-30(25)42-38(45)36-32(44)23-40(4,47)37(39(46)43-31-19-13-10-15-26(31)6-2)35(36)27-20-21-33(34(22-27)48-7-3)49-24-28-16-8-11-17-29(28)41/h8-22,35-37,47H,5-7,23-24H2,1-4H3,(H,42,45)(H,43,46). The summed E-state index contributed by atoms with van der Waals surface area (Å²) >= 11 is 6.36. The van der Waals surface area contributed by atoms with Crippen molar-refractivity contribution in [1.82, 2.24) is 0 Å². The van der Waals surface area contributed by atoms with Crippen LogP contribution in [0, 0.1) is 11.8 Å². The van der Waals surface area contributed by atoms with E-state index in [1.807, 2.05) is 75.4 Å². The molecule has 0 bridgehead atoms. The number of carbonyl (C=O) groups excluding carboxylic acids is 3. The van der Waals surface area contributed by atoms with Crippen molar-refractivity contribution in [2.24, 2.45) is 11.8 Å². The van der Waals surface area contributed by atoms with E-state index in [-0.39, 0.29) is 13.0 Å². The Hall–Kier alpha value is -4.66. The normalized spacial score (nSPS) is 20.4. The van der Waals surface area contributed by atoms with Crippen LogP contribution in [0.15, 0.2) is 91.0 Å². The molecule has 4 unspecified atom stereocenters. The van der Waals surface area contributed by atoms with Crippen molar-refractivity contribution >= 4 is 40.6 Å². The smallest absolute Gasteiger partial charge is 0.235 e. The van der Waals surface area contributed by atoms with Gasteiger partial charge in [0.25, 0.3) is 0 Å². The Morgan fingerprint density at radius 1 is 0.796 bits per heavy atom. The molecule has 3 N–H and O–H groups in total. The summed E-state index contributed by atoms with van der Waals surface area (Å²) < 4.78 is 12.1. The zero-order valence-corrected chi connectivity index (χ0v) is 29.1. The molecule has 1 fully saturated rings. The van der Waals surface area contributed by atoms with E-state index >= 15 is 0 Å². The van der Waals surface area contributed by atoms with Crippen molar-refractivity contribution in [3.05, 3.63) is 118 Å². The topological polar surface area (TPSA) is 114 Å². The van der Waals surface area contributed by atoms with Gasteiger partial charge in [-0.15, -0.1) is 0 Å². The number of ether oxygens (including phenoxy) is 2. The minimum absolute atomic E-state index is 0.180. The first-order valence-corrected chi connectivity index (χ1v) is 17.1. The van der Waals surface area contributed by atoms with Crippen LogP contribution in [0.4, 0.5) is 11.4 Å². The van der Waals surface area contributed by atoms with Crippen LogP contribution in [0.25, 0.3) is 0 Å². The maximum atomic E-state index is 14.4. The van der Waals surface area contributed by atoms with Crippen LogP contribution in [0.3, 0.4) is 0 Å². The Labute approximate surface area is 292 Å². The SMILES string of the molecule is CCOc1cc(C2C(C(=O)Nc3ccccc3CC)C(=O)CC(C)(O)C2C(=O)Nc2ccccc2CC)ccc1OCc1ccccc1Cl. The zero-order chi connectivity index (χ0) is 35.1. The van der Waals surface area contributed by atoms with Gasteiger partial charge in [-0.2, -0.15) is 0 Å². The summed E-state index contributed by atoms with van der Waals surface area (Å²) in [5, 5.41) is 18.4. The maximum Gasteiger partial charge on any atom is 0.235 e. The van der Waals surface area contributed by atoms with E-state index in [4.69, 9.17) is 21.1 Å². The van der Waals surface area contributed by atoms with Crippen LogP contribution in [0.5, 0.6) is 11.5 Å². The molecule has 1 saturated carbocycles. The lowest BCUT2D eigenvalue weighted by molar-refractivity contribution is -0.150. The van der Waals surface area contributed by atoms with Crippen LogP contribution in [0.2, 0.25) is 5.02 Å². The summed E-state index contributed by atoms with van der Waals surface area (Å²) in [7, 11) is 0. The Morgan fingerprint density at radius 2 is 1.37 bits per heavy atom. The predicted molar refractivity (Wildman–Crippen MR) is 192 cm³/mol. The number of ketones is 1. The lowest BCUT2D eigenvalue weighted by atomic mass is 9.61. The van der Waals surface area contributed by atoms with Gasteiger partial charge >= 0.3 is 0 Å². The molecule has 0 aliphatic heterocycles. The average Bonchev–Trinajstić information content (AvgIpc) is 3.08. The number of nitrogens with one attached hydrogen (secondary N) is 2. The first kappa shape index (κ1) is 35.6. The molecule has 256 valence electrons. The van der Waals surface area contributed by atoms with Crippen LogP contribution >= 0.6 is 11.6 Å². The number of aliphatic hydroxyl groups is 1. The highest BCUT2D eigenvalue weighted by Gasteiger charge is 2.56. The number of carbonyl (C=O) groups is 3. The number of benzene rings is 4. The fraction of sp³-hybridized carbons (Fsp3) is 0.325. The van der Waals surface area contributed by atoms with Gasteiger partial charge in [0.15, 0.2) is 11.5 Å². The predicted octanol–water partition coefficient (Wildman–Crippen LogP) is 7.76. The molecule has 0 heterocycles. The Balaban J connectivity index is 1.59. The Bertz CT molecular complexity index is 1820. The zero-order valence-electron chi connectivity index (χ0n) is 28.3. The maximum absolute atomic E-state index is 14.4. The molecule has 9 heteroatoms. The van der Waals surface area contributed by atoms with E-state index in [1.54, 1.807) is 36.4 Å². The molecule has 4 atom stereocenters. The molecule has 1 aliphatic rings. The second-order valence-corrected chi connectivity index (χ2v) is 12.9. The Kier molecular flexibility index (Phi) is 11.4. The van der Waals surface area contributed by atoms with Gasteiger partial charge in [-0.25, -0.2) is 0 Å². The molecular formula is C40H43ClN2O6. The first-order valence-electron chi connectivity index (χ1n) is 16.7. The third-order valence-electron chi connectivity index (χ3n) is 9.14. The third kappa shape index (κ3) is 7.98. The van der Waals surface area contributed by atoms with Gasteiger partial charge in [-0.1, -0.05) is 86.1 Å². The van der Waals surface area contributed by atoms with E-state index in [0.717, 1.165) is 16.7 Å². The highest BCUT2D eigenvalue weighted by molar-refractivity contribution is 6.31. The molecule has 4 aromatic rings. The van der Waals surface area contributed by atoms with Crippen LogP contribution in [0.1, 0.15) is 62.3 Å². The lowest BCUT2D eigenvalue weighted by Gasteiger charge is -2.44. The van der Waals surface area contributed by atoms with Crippen LogP contribution in [-0.2, 0) is 33.8 Å². The number of para-hydroxylation sites is 2. The lowest BCUT2D eigenvalue weighted by Crippen LogP contribution is -2.56. The summed E-state index contributed by atoms with van der Waals surface area (Å²) in [5.74, 6) is -4.22. The number of anilines is 2. The van der Waals surface area contributed by atoms with Crippen molar-refractivity contribution in [3.8, 4) is 11.5 Å². The van der Waals surface area contributed by atoms with Crippen molar-refractivity contribution in [3.63, 3.8) is 0 Å². The first-order chi connectivity index (χ1) is 23.6. The van der Waals surface area contributed by atoms with Crippen molar-refractivity contribution < 1.29 is 29.0 Å². The largest absolute Gasteiger partial charge is 0.490 e. The molecule has 1 aliphatic carbocycles. The molecule has 0 saturated heterocycles. The molecule has 0 radical (unpaired) electrons. The molecule has 49 heavy (non-hydrogen) atoms. The number of aryl methyl sites for hydroxylation is 2. The average molecular weight is 683 g/mol. The highest BCUT2D eigenvalue weighted by atomic mass is 35.5. The number of amides is 2. The number of Topliss-reactive ketones (excluding diaryl/α,β-unsaturated/α-hetero) is 1. The summed E-state index contributed by atoms with van der Waals surface area (Å²) in [6.45, 7) is 7.78.